The summed E-state index contributed by atoms with van der Waals surface area (Å²) in [6.45, 7) is 3.19. The van der Waals surface area contributed by atoms with Crippen molar-refractivity contribution in [2.75, 3.05) is 23.3 Å². The van der Waals surface area contributed by atoms with Crippen molar-refractivity contribution in [3.63, 3.8) is 0 Å². The predicted molar refractivity (Wildman–Crippen MR) is 122 cm³/mol. The van der Waals surface area contributed by atoms with Gasteiger partial charge in [-0.15, -0.1) is 0 Å². The molecule has 0 unspecified atom stereocenters. The summed E-state index contributed by atoms with van der Waals surface area (Å²) < 4.78 is 15.6. The number of pyridine rings is 2. The van der Waals surface area contributed by atoms with Crippen LogP contribution in [0.3, 0.4) is 0 Å². The van der Waals surface area contributed by atoms with Gasteiger partial charge in [0.1, 0.15) is 28.1 Å². The first-order chi connectivity index (χ1) is 14.8. The van der Waals surface area contributed by atoms with Gasteiger partial charge in [-0.3, -0.25) is 4.79 Å². The highest BCUT2D eigenvalue weighted by Gasteiger charge is 2.30. The van der Waals surface area contributed by atoms with Crippen LogP contribution in [-0.4, -0.2) is 28.7 Å². The lowest BCUT2D eigenvalue weighted by Crippen LogP contribution is -2.46. The van der Waals surface area contributed by atoms with Crippen LogP contribution in [0.25, 0.3) is 11.0 Å². The number of piperidine rings is 1. The fraction of sp³-hybridized carbons (Fsp3) is 0.318. The monoisotopic (exact) mass is 459 g/mol. The molecule has 1 fully saturated rings. The molecule has 160 valence electrons. The summed E-state index contributed by atoms with van der Waals surface area (Å²) in [5, 5.41) is 13.6. The van der Waals surface area contributed by atoms with Crippen molar-refractivity contribution in [1.29, 1.82) is 5.26 Å². The minimum atomic E-state index is -0.398. The Labute approximate surface area is 188 Å². The molecule has 1 aliphatic heterocycles. The first kappa shape index (κ1) is 21.4. The zero-order chi connectivity index (χ0) is 22.3. The quantitative estimate of drug-likeness (QED) is 0.580. The van der Waals surface area contributed by atoms with Gasteiger partial charge < -0.3 is 14.8 Å². The number of rotatable bonds is 3. The molecule has 3 heterocycles. The van der Waals surface area contributed by atoms with Crippen LogP contribution >= 0.6 is 23.2 Å². The van der Waals surface area contributed by atoms with Crippen molar-refractivity contribution in [2.45, 2.75) is 19.4 Å². The van der Waals surface area contributed by atoms with Crippen LogP contribution in [0.1, 0.15) is 18.9 Å². The lowest BCUT2D eigenvalue weighted by Gasteiger charge is -2.39. The van der Waals surface area contributed by atoms with E-state index in [2.05, 4.69) is 16.4 Å². The van der Waals surface area contributed by atoms with Gasteiger partial charge in [0, 0.05) is 31.2 Å². The zero-order valence-electron chi connectivity index (χ0n) is 17.0. The van der Waals surface area contributed by atoms with Crippen LogP contribution in [0.2, 0.25) is 10.2 Å². The summed E-state index contributed by atoms with van der Waals surface area (Å²) >= 11 is 12.0. The molecule has 0 aliphatic carbocycles. The Morgan fingerprint density at radius 1 is 1.29 bits per heavy atom. The van der Waals surface area contributed by atoms with Gasteiger partial charge in [0.05, 0.1) is 16.9 Å². The van der Waals surface area contributed by atoms with E-state index in [0.717, 1.165) is 0 Å². The third-order valence-electron chi connectivity index (χ3n) is 5.79. The molecule has 31 heavy (non-hydrogen) atoms. The Kier molecular flexibility index (Phi) is 5.78. The Balaban J connectivity index is 1.68. The number of benzene rings is 1. The normalized spacial score (nSPS) is 18.8. The van der Waals surface area contributed by atoms with Gasteiger partial charge in [-0.1, -0.05) is 30.1 Å². The largest absolute Gasteiger partial charge is 0.380 e. The Bertz CT molecular complexity index is 1270. The van der Waals surface area contributed by atoms with Gasteiger partial charge in [-0.05, 0) is 42.7 Å². The molecule has 0 saturated carbocycles. The third-order valence-corrected chi connectivity index (χ3v) is 6.23. The molecule has 1 N–H and O–H groups in total. The Morgan fingerprint density at radius 2 is 2.06 bits per heavy atom. The number of hydrogen-bond donors (Lipinski definition) is 1. The molecule has 0 radical (unpaired) electrons. The van der Waals surface area contributed by atoms with E-state index in [1.54, 1.807) is 31.3 Å². The van der Waals surface area contributed by atoms with Crippen molar-refractivity contribution < 1.29 is 4.39 Å². The Hall–Kier alpha value is -2.82. The number of aromatic nitrogens is 2. The number of fused-ring (bicyclic) bond motifs is 1. The number of hydrogen-bond acceptors (Lipinski definition) is 5. The number of aryl methyl sites for hydroxylation is 1. The van der Waals surface area contributed by atoms with Crippen LogP contribution in [0, 0.1) is 23.1 Å². The SMILES string of the molecule is C[C@@H]1CN(c2c(C#N)c(=O)n(C)c3ccc(Cl)nc23)CC[C@H]1Nc1ccc(Cl)cc1F. The second kappa shape index (κ2) is 8.37. The average molecular weight is 460 g/mol. The molecule has 3 aromatic rings. The van der Waals surface area contributed by atoms with Gasteiger partial charge in [0.15, 0.2) is 0 Å². The lowest BCUT2D eigenvalue weighted by molar-refractivity contribution is 0.403. The van der Waals surface area contributed by atoms with Crippen LogP contribution in [0.5, 0.6) is 0 Å². The van der Waals surface area contributed by atoms with E-state index >= 15 is 0 Å². The smallest absolute Gasteiger partial charge is 0.270 e. The molecule has 1 aliphatic rings. The number of halogens is 3. The molecule has 4 rings (SSSR count). The van der Waals surface area contributed by atoms with E-state index in [4.69, 9.17) is 23.2 Å². The summed E-state index contributed by atoms with van der Waals surface area (Å²) in [4.78, 5) is 19.2. The molecule has 1 saturated heterocycles. The highest BCUT2D eigenvalue weighted by molar-refractivity contribution is 6.30. The summed E-state index contributed by atoms with van der Waals surface area (Å²) in [6, 6.07) is 9.99. The molecule has 0 spiro atoms. The topological polar surface area (TPSA) is 74.0 Å². The number of nitriles is 1. The number of anilines is 2. The fourth-order valence-electron chi connectivity index (χ4n) is 4.15. The van der Waals surface area contributed by atoms with Crippen LogP contribution in [-0.2, 0) is 7.05 Å². The van der Waals surface area contributed by atoms with Crippen molar-refractivity contribution in [3.05, 3.63) is 62.2 Å². The van der Waals surface area contributed by atoms with Gasteiger partial charge in [-0.2, -0.15) is 5.26 Å². The van der Waals surface area contributed by atoms with Crippen LogP contribution < -0.4 is 15.8 Å². The van der Waals surface area contributed by atoms with Crippen molar-refractivity contribution in [1.82, 2.24) is 9.55 Å². The summed E-state index contributed by atoms with van der Waals surface area (Å²) in [6.07, 6.45) is 0.686. The maximum atomic E-state index is 14.2. The third kappa shape index (κ3) is 3.93. The molecule has 0 amide bonds. The van der Waals surface area contributed by atoms with Gasteiger partial charge in [0.2, 0.25) is 0 Å². The highest BCUT2D eigenvalue weighted by atomic mass is 35.5. The summed E-state index contributed by atoms with van der Waals surface area (Å²) in [5.74, 6) is -0.293. The van der Waals surface area contributed by atoms with E-state index in [0.29, 0.717) is 52.1 Å². The molecular weight excluding hydrogens is 440 g/mol. The van der Waals surface area contributed by atoms with Crippen LogP contribution in [0.15, 0.2) is 35.1 Å². The van der Waals surface area contributed by atoms with Crippen LogP contribution in [0.4, 0.5) is 15.8 Å². The predicted octanol–water partition coefficient (Wildman–Crippen LogP) is 4.58. The minimum Gasteiger partial charge on any atom is -0.380 e. The van der Waals surface area contributed by atoms with Gasteiger partial charge >= 0.3 is 0 Å². The molecule has 2 atom stereocenters. The second-order valence-electron chi connectivity index (χ2n) is 7.79. The number of nitrogens with one attached hydrogen (secondary N) is 1. The molecule has 0 bridgehead atoms. The maximum Gasteiger partial charge on any atom is 0.270 e. The van der Waals surface area contributed by atoms with Gasteiger partial charge in [0.25, 0.3) is 5.56 Å². The van der Waals surface area contributed by atoms with Crippen molar-refractivity contribution >= 4 is 45.6 Å². The molecule has 9 heteroatoms. The molecule has 6 nitrogen and oxygen atoms in total. The lowest BCUT2D eigenvalue weighted by atomic mass is 9.92. The minimum absolute atomic E-state index is 0.0202. The molecule has 2 aromatic heterocycles. The highest BCUT2D eigenvalue weighted by Crippen LogP contribution is 2.33. The number of nitrogens with zero attached hydrogens (tertiary/aromatic N) is 4. The zero-order valence-corrected chi connectivity index (χ0v) is 18.5. The molecule has 1 aromatic carbocycles. The molecular formula is C22H20Cl2FN5O. The van der Waals surface area contributed by atoms with Gasteiger partial charge in [-0.25, -0.2) is 9.37 Å². The second-order valence-corrected chi connectivity index (χ2v) is 8.61. The van der Waals surface area contributed by atoms with E-state index in [1.165, 1.54) is 10.6 Å². The maximum absolute atomic E-state index is 14.2. The van der Waals surface area contributed by atoms with E-state index < -0.39 is 5.82 Å². The van der Waals surface area contributed by atoms with Crippen molar-refractivity contribution in [2.24, 2.45) is 13.0 Å². The fourth-order valence-corrected chi connectivity index (χ4v) is 4.45. The first-order valence-electron chi connectivity index (χ1n) is 9.86. The van der Waals surface area contributed by atoms with E-state index in [-0.39, 0.29) is 23.1 Å². The average Bonchev–Trinajstić information content (AvgIpc) is 2.73. The summed E-state index contributed by atoms with van der Waals surface area (Å²) in [7, 11) is 1.62. The van der Waals surface area contributed by atoms with Crippen molar-refractivity contribution in [3.8, 4) is 6.07 Å². The van der Waals surface area contributed by atoms with E-state index in [9.17, 15) is 14.4 Å². The first-order valence-corrected chi connectivity index (χ1v) is 10.6. The summed E-state index contributed by atoms with van der Waals surface area (Å²) in [5.41, 5.74) is 1.72. The standard InChI is InChI=1S/C22H20Cl2FN5O/c1-12-11-30(8-7-16(12)27-17-4-3-13(23)9-15(17)25)21-14(10-26)22(31)29(2)18-5-6-19(24)28-20(18)21/h3-6,9,12,16,27H,7-8,11H2,1-2H3/t12-,16-/m1/s1. The van der Waals surface area contributed by atoms with E-state index in [1.807, 2.05) is 11.8 Å². The Morgan fingerprint density at radius 3 is 2.74 bits per heavy atom.